The lowest BCUT2D eigenvalue weighted by Gasteiger charge is -2.18. The van der Waals surface area contributed by atoms with Gasteiger partial charge in [-0.1, -0.05) is 18.2 Å². The lowest BCUT2D eigenvalue weighted by atomic mass is 10.0. The SMILES string of the molecule is Cc1cc(C(=N)/C=C(\N)c2ccc(OCC(=O)N(C)Cc3ccccc3F)cc2)ccc1O. The van der Waals surface area contributed by atoms with Crippen LogP contribution in [0.15, 0.2) is 72.8 Å². The third-order valence-electron chi connectivity index (χ3n) is 5.15. The molecule has 1 amide bonds. The largest absolute Gasteiger partial charge is 0.508 e. The molecule has 0 saturated heterocycles. The molecule has 0 spiro atoms. The van der Waals surface area contributed by atoms with E-state index in [1.54, 1.807) is 80.7 Å². The molecule has 3 aromatic carbocycles. The molecule has 0 unspecified atom stereocenters. The minimum atomic E-state index is -0.354. The van der Waals surface area contributed by atoms with Gasteiger partial charge in [-0.2, -0.15) is 0 Å². The number of benzene rings is 3. The van der Waals surface area contributed by atoms with E-state index in [2.05, 4.69) is 0 Å². The molecule has 170 valence electrons. The number of rotatable bonds is 8. The Balaban J connectivity index is 1.57. The van der Waals surface area contributed by atoms with Crippen molar-refractivity contribution in [2.24, 2.45) is 5.73 Å². The minimum absolute atomic E-state index is 0.154. The van der Waals surface area contributed by atoms with Crippen LogP contribution in [0.25, 0.3) is 5.70 Å². The highest BCUT2D eigenvalue weighted by atomic mass is 19.1. The normalized spacial score (nSPS) is 11.2. The third kappa shape index (κ3) is 6.20. The maximum absolute atomic E-state index is 13.8. The number of allylic oxidation sites excluding steroid dienone is 1. The van der Waals surface area contributed by atoms with Crippen molar-refractivity contribution in [1.29, 1.82) is 5.41 Å². The second-order valence-corrected chi connectivity index (χ2v) is 7.67. The fourth-order valence-corrected chi connectivity index (χ4v) is 3.11. The van der Waals surface area contributed by atoms with Gasteiger partial charge in [-0.3, -0.25) is 4.79 Å². The molecule has 0 aliphatic rings. The molecular formula is C26H26FN3O3. The van der Waals surface area contributed by atoms with E-state index < -0.39 is 0 Å². The molecule has 0 aliphatic carbocycles. The molecule has 0 aliphatic heterocycles. The highest BCUT2D eigenvalue weighted by Crippen LogP contribution is 2.20. The molecule has 0 saturated carbocycles. The molecule has 0 atom stereocenters. The number of amides is 1. The Hall–Kier alpha value is -4.13. The number of halogens is 1. The summed E-state index contributed by atoms with van der Waals surface area (Å²) in [7, 11) is 1.59. The summed E-state index contributed by atoms with van der Waals surface area (Å²) in [5.74, 6) is 0.0340. The minimum Gasteiger partial charge on any atom is -0.508 e. The van der Waals surface area contributed by atoms with Crippen molar-refractivity contribution in [2.75, 3.05) is 13.7 Å². The van der Waals surface area contributed by atoms with E-state index in [0.717, 1.165) is 0 Å². The summed E-state index contributed by atoms with van der Waals surface area (Å²) in [4.78, 5) is 13.7. The standard InChI is InChI=1S/C26H26FN3O3/c1-17-13-19(9-12-25(17)31)24(29)14-23(28)18-7-10-21(11-8-18)33-16-26(32)30(2)15-20-5-3-4-6-22(20)27/h3-14,29,31H,15-16,28H2,1-2H3/b23-14-,29-24?. The van der Waals surface area contributed by atoms with Crippen LogP contribution in [0.2, 0.25) is 0 Å². The van der Waals surface area contributed by atoms with E-state index in [4.69, 9.17) is 15.9 Å². The lowest BCUT2D eigenvalue weighted by molar-refractivity contribution is -0.132. The summed E-state index contributed by atoms with van der Waals surface area (Å²) in [6.07, 6.45) is 1.54. The zero-order valence-corrected chi connectivity index (χ0v) is 18.5. The number of carbonyl (C=O) groups is 1. The van der Waals surface area contributed by atoms with E-state index in [9.17, 15) is 14.3 Å². The molecule has 0 radical (unpaired) electrons. The first-order chi connectivity index (χ1) is 15.7. The van der Waals surface area contributed by atoms with Gasteiger partial charge in [0.2, 0.25) is 0 Å². The molecule has 0 fully saturated rings. The number of carbonyl (C=O) groups excluding carboxylic acids is 1. The Labute approximate surface area is 192 Å². The van der Waals surface area contributed by atoms with Crippen LogP contribution in [0.3, 0.4) is 0 Å². The first-order valence-corrected chi connectivity index (χ1v) is 10.3. The topological polar surface area (TPSA) is 99.6 Å². The molecule has 0 bridgehead atoms. The molecule has 3 aromatic rings. The van der Waals surface area contributed by atoms with Gasteiger partial charge in [0.05, 0.1) is 5.71 Å². The van der Waals surface area contributed by atoms with E-state index in [1.165, 1.54) is 11.0 Å². The summed E-state index contributed by atoms with van der Waals surface area (Å²) in [5, 5.41) is 17.9. The van der Waals surface area contributed by atoms with Crippen LogP contribution in [0, 0.1) is 18.2 Å². The van der Waals surface area contributed by atoms with Gasteiger partial charge in [0, 0.05) is 24.9 Å². The van der Waals surface area contributed by atoms with E-state index in [1.807, 2.05) is 0 Å². The Kier molecular flexibility index (Phi) is 7.46. The van der Waals surface area contributed by atoms with Crippen molar-refractivity contribution in [1.82, 2.24) is 4.90 Å². The lowest BCUT2D eigenvalue weighted by Crippen LogP contribution is -2.31. The number of phenolic OH excluding ortho intramolecular Hbond substituents is 1. The average Bonchev–Trinajstić information content (AvgIpc) is 2.80. The highest BCUT2D eigenvalue weighted by molar-refractivity contribution is 6.10. The number of hydrogen-bond donors (Lipinski definition) is 3. The second-order valence-electron chi connectivity index (χ2n) is 7.67. The molecule has 0 heterocycles. The summed E-state index contributed by atoms with van der Waals surface area (Å²) in [5.41, 5.74) is 9.22. The first-order valence-electron chi connectivity index (χ1n) is 10.3. The summed E-state index contributed by atoms with van der Waals surface area (Å²) in [6.45, 7) is 1.74. The monoisotopic (exact) mass is 447 g/mol. The van der Waals surface area contributed by atoms with Crippen LogP contribution in [0.5, 0.6) is 11.5 Å². The van der Waals surface area contributed by atoms with Crippen molar-refractivity contribution in [3.63, 3.8) is 0 Å². The Morgan fingerprint density at radius 1 is 1.12 bits per heavy atom. The van der Waals surface area contributed by atoms with Gasteiger partial charge in [-0.15, -0.1) is 0 Å². The first kappa shape index (κ1) is 23.5. The number of nitrogens with one attached hydrogen (secondary N) is 1. The molecule has 4 N–H and O–H groups in total. The van der Waals surface area contributed by atoms with Gasteiger partial charge in [0.1, 0.15) is 17.3 Å². The second kappa shape index (κ2) is 10.5. The van der Waals surface area contributed by atoms with Crippen molar-refractivity contribution in [3.05, 3.63) is 101 Å². The molecule has 6 nitrogen and oxygen atoms in total. The van der Waals surface area contributed by atoms with Gasteiger partial charge in [0.15, 0.2) is 6.61 Å². The smallest absolute Gasteiger partial charge is 0.260 e. The van der Waals surface area contributed by atoms with Crippen LogP contribution in [-0.2, 0) is 11.3 Å². The number of ether oxygens (including phenoxy) is 1. The van der Waals surface area contributed by atoms with Crippen molar-refractivity contribution < 1.29 is 19.0 Å². The Bertz CT molecular complexity index is 1190. The molecule has 0 aromatic heterocycles. The number of aromatic hydroxyl groups is 1. The van der Waals surface area contributed by atoms with Crippen LogP contribution >= 0.6 is 0 Å². The molecular weight excluding hydrogens is 421 g/mol. The van der Waals surface area contributed by atoms with Crippen LogP contribution in [0.1, 0.15) is 22.3 Å². The van der Waals surface area contributed by atoms with Crippen molar-refractivity contribution in [2.45, 2.75) is 13.5 Å². The molecule has 3 rings (SSSR count). The van der Waals surface area contributed by atoms with Gasteiger partial charge in [0.25, 0.3) is 5.91 Å². The van der Waals surface area contributed by atoms with Crippen molar-refractivity contribution >= 4 is 17.3 Å². The van der Waals surface area contributed by atoms with Crippen LogP contribution in [0.4, 0.5) is 4.39 Å². The Morgan fingerprint density at radius 3 is 2.45 bits per heavy atom. The van der Waals surface area contributed by atoms with Crippen molar-refractivity contribution in [3.8, 4) is 11.5 Å². The molecule has 33 heavy (non-hydrogen) atoms. The van der Waals surface area contributed by atoms with Gasteiger partial charge in [-0.25, -0.2) is 4.39 Å². The van der Waals surface area contributed by atoms with Crippen LogP contribution < -0.4 is 10.5 Å². The van der Waals surface area contributed by atoms with E-state index >= 15 is 0 Å². The number of phenols is 1. The zero-order chi connectivity index (χ0) is 24.0. The van der Waals surface area contributed by atoms with Crippen LogP contribution in [-0.4, -0.2) is 35.3 Å². The predicted molar refractivity (Wildman–Crippen MR) is 127 cm³/mol. The summed E-state index contributed by atoms with van der Waals surface area (Å²) < 4.78 is 19.3. The predicted octanol–water partition coefficient (Wildman–Crippen LogP) is 4.24. The zero-order valence-electron chi connectivity index (χ0n) is 18.5. The number of hydrogen-bond acceptors (Lipinski definition) is 5. The Morgan fingerprint density at radius 2 is 1.79 bits per heavy atom. The quantitative estimate of drug-likeness (QED) is 0.450. The number of nitrogens with two attached hydrogens (primary N) is 1. The average molecular weight is 448 g/mol. The molecule has 7 heteroatoms. The van der Waals surface area contributed by atoms with E-state index in [0.29, 0.717) is 33.7 Å². The maximum Gasteiger partial charge on any atom is 0.260 e. The number of likely N-dealkylation sites (N-methyl/N-ethyl adjacent to an activating group) is 1. The third-order valence-corrected chi connectivity index (χ3v) is 5.15. The number of aryl methyl sites for hydroxylation is 1. The van der Waals surface area contributed by atoms with Gasteiger partial charge in [-0.05, 0) is 78.2 Å². The maximum atomic E-state index is 13.8. The van der Waals surface area contributed by atoms with Gasteiger partial charge < -0.3 is 25.9 Å². The number of nitrogens with zero attached hydrogens (tertiary/aromatic N) is 1. The summed E-state index contributed by atoms with van der Waals surface area (Å²) >= 11 is 0. The fraction of sp³-hybridized carbons (Fsp3) is 0.154. The highest BCUT2D eigenvalue weighted by Gasteiger charge is 2.12. The fourth-order valence-electron chi connectivity index (χ4n) is 3.11. The van der Waals surface area contributed by atoms with Gasteiger partial charge >= 0.3 is 0 Å². The van der Waals surface area contributed by atoms with E-state index in [-0.39, 0.29) is 36.3 Å². The summed E-state index contributed by atoms with van der Waals surface area (Å²) in [6, 6.07) is 18.1.